The van der Waals surface area contributed by atoms with E-state index in [2.05, 4.69) is 77.7 Å². The highest BCUT2D eigenvalue weighted by Gasteiger charge is 2.16. The fourth-order valence-electron chi connectivity index (χ4n) is 2.75. The summed E-state index contributed by atoms with van der Waals surface area (Å²) >= 11 is 1.60. The van der Waals surface area contributed by atoms with Crippen LogP contribution in [0.2, 0.25) is 0 Å². The lowest BCUT2D eigenvalue weighted by molar-refractivity contribution is 0.589. The molecule has 0 bridgehead atoms. The largest absolute Gasteiger partial charge is 0.378 e. The molecule has 25 heavy (non-hydrogen) atoms. The van der Waals surface area contributed by atoms with Gasteiger partial charge in [0.15, 0.2) is 5.17 Å². The van der Waals surface area contributed by atoms with E-state index in [9.17, 15) is 0 Å². The first-order valence-electron chi connectivity index (χ1n) is 8.72. The Balaban J connectivity index is 2.15. The van der Waals surface area contributed by atoms with Crippen molar-refractivity contribution in [2.24, 2.45) is 10.7 Å². The second kappa shape index (κ2) is 7.65. The van der Waals surface area contributed by atoms with Crippen LogP contribution >= 0.6 is 11.8 Å². The molecule has 0 amide bonds. The average molecular weight is 355 g/mol. The predicted molar refractivity (Wildman–Crippen MR) is 113 cm³/mol. The lowest BCUT2D eigenvalue weighted by Gasteiger charge is -2.22. The second-order valence-corrected chi connectivity index (χ2v) is 8.84. The molecule has 2 aromatic rings. The van der Waals surface area contributed by atoms with Gasteiger partial charge in [0.25, 0.3) is 0 Å². The molecule has 2 nitrogen and oxygen atoms in total. The molecule has 3 heteroatoms. The van der Waals surface area contributed by atoms with Crippen molar-refractivity contribution in [3.8, 4) is 0 Å². The topological polar surface area (TPSA) is 38.4 Å². The van der Waals surface area contributed by atoms with Crippen LogP contribution in [0.15, 0.2) is 35.3 Å². The Hall–Kier alpha value is -1.74. The van der Waals surface area contributed by atoms with E-state index in [1.54, 1.807) is 11.8 Å². The number of aryl methyl sites for hydroxylation is 4. The summed E-state index contributed by atoms with van der Waals surface area (Å²) in [7, 11) is 0. The van der Waals surface area contributed by atoms with Crippen molar-refractivity contribution in [1.29, 1.82) is 0 Å². The van der Waals surface area contributed by atoms with Gasteiger partial charge in [0.05, 0.1) is 5.69 Å². The van der Waals surface area contributed by atoms with Crippen molar-refractivity contribution in [2.75, 3.05) is 0 Å². The minimum Gasteiger partial charge on any atom is -0.378 e. The molecule has 0 fully saturated rings. The zero-order valence-electron chi connectivity index (χ0n) is 16.5. The maximum absolute atomic E-state index is 6.15. The van der Waals surface area contributed by atoms with Gasteiger partial charge in [-0.3, -0.25) is 0 Å². The molecule has 0 saturated carbocycles. The van der Waals surface area contributed by atoms with Gasteiger partial charge in [-0.1, -0.05) is 50.7 Å². The number of aliphatic imine (C=N–C) groups is 1. The molecule has 134 valence electrons. The molecule has 2 N–H and O–H groups in total. The summed E-state index contributed by atoms with van der Waals surface area (Å²) in [6, 6.07) is 10.8. The van der Waals surface area contributed by atoms with Gasteiger partial charge < -0.3 is 5.73 Å². The summed E-state index contributed by atoms with van der Waals surface area (Å²) in [5.74, 6) is 0.849. The normalized spacial score (nSPS) is 12.5. The minimum atomic E-state index is 0.172. The van der Waals surface area contributed by atoms with E-state index in [1.165, 1.54) is 33.4 Å². The Bertz CT molecular complexity index is 775. The molecule has 2 aromatic carbocycles. The lowest BCUT2D eigenvalue weighted by atomic mass is 9.84. The second-order valence-electron chi connectivity index (χ2n) is 7.85. The van der Waals surface area contributed by atoms with Gasteiger partial charge in [0, 0.05) is 5.75 Å². The highest BCUT2D eigenvalue weighted by Crippen LogP contribution is 2.29. The van der Waals surface area contributed by atoms with Crippen molar-refractivity contribution in [2.45, 2.75) is 59.6 Å². The summed E-state index contributed by atoms with van der Waals surface area (Å²) in [5, 5.41) is 0.613. The third-order valence-electron chi connectivity index (χ3n) is 4.66. The number of amidine groups is 1. The molecule has 0 aliphatic carbocycles. The Kier molecular flexibility index (Phi) is 5.99. The molecular formula is C22H30N2S. The highest BCUT2D eigenvalue weighted by atomic mass is 32.2. The van der Waals surface area contributed by atoms with Crippen molar-refractivity contribution < 1.29 is 0 Å². The van der Waals surface area contributed by atoms with E-state index in [1.807, 2.05) is 6.07 Å². The maximum atomic E-state index is 6.15. The molecule has 0 unspecified atom stereocenters. The maximum Gasteiger partial charge on any atom is 0.159 e. The Morgan fingerprint density at radius 1 is 0.920 bits per heavy atom. The van der Waals surface area contributed by atoms with Crippen molar-refractivity contribution in [3.63, 3.8) is 0 Å². The highest BCUT2D eigenvalue weighted by molar-refractivity contribution is 8.13. The van der Waals surface area contributed by atoms with Crippen LogP contribution < -0.4 is 5.73 Å². The van der Waals surface area contributed by atoms with Crippen LogP contribution in [-0.2, 0) is 11.2 Å². The fraction of sp³-hybridized carbons (Fsp3) is 0.409. The quantitative estimate of drug-likeness (QED) is 0.534. The third-order valence-corrected chi connectivity index (χ3v) is 5.48. The van der Waals surface area contributed by atoms with E-state index in [0.29, 0.717) is 5.17 Å². The Morgan fingerprint density at radius 2 is 1.52 bits per heavy atom. The number of benzene rings is 2. The lowest BCUT2D eigenvalue weighted by Crippen LogP contribution is -2.13. The van der Waals surface area contributed by atoms with E-state index >= 15 is 0 Å². The Labute approximate surface area is 156 Å². The molecular weight excluding hydrogens is 324 g/mol. The number of hydrogen-bond donors (Lipinski definition) is 1. The van der Waals surface area contributed by atoms with Crippen molar-refractivity contribution in [3.05, 3.63) is 63.7 Å². The van der Waals surface area contributed by atoms with Crippen molar-refractivity contribution >= 4 is 22.6 Å². The minimum absolute atomic E-state index is 0.172. The van der Waals surface area contributed by atoms with Gasteiger partial charge in [0.2, 0.25) is 0 Å². The van der Waals surface area contributed by atoms with E-state index in [4.69, 9.17) is 5.73 Å². The van der Waals surface area contributed by atoms with Crippen LogP contribution in [0.5, 0.6) is 0 Å². The first-order chi connectivity index (χ1) is 11.6. The third kappa shape index (κ3) is 5.12. The Morgan fingerprint density at radius 3 is 2.04 bits per heavy atom. The van der Waals surface area contributed by atoms with Crippen molar-refractivity contribution in [1.82, 2.24) is 0 Å². The van der Waals surface area contributed by atoms with Crippen LogP contribution in [0.25, 0.3) is 0 Å². The first-order valence-corrected chi connectivity index (χ1v) is 9.71. The van der Waals surface area contributed by atoms with E-state index in [-0.39, 0.29) is 5.41 Å². The van der Waals surface area contributed by atoms with Gasteiger partial charge >= 0.3 is 0 Å². The van der Waals surface area contributed by atoms with Crippen LogP contribution in [-0.4, -0.2) is 5.17 Å². The van der Waals surface area contributed by atoms with Gasteiger partial charge in [-0.15, -0.1) is 0 Å². The summed E-state index contributed by atoms with van der Waals surface area (Å²) in [6.45, 7) is 15.3. The van der Waals surface area contributed by atoms with Gasteiger partial charge in [-0.2, -0.15) is 0 Å². The number of nitrogens with zero attached hydrogens (tertiary/aromatic N) is 1. The smallest absolute Gasteiger partial charge is 0.159 e. The summed E-state index contributed by atoms with van der Waals surface area (Å²) in [4.78, 5) is 4.55. The molecule has 0 heterocycles. The molecule has 2 rings (SSSR count). The molecule has 0 atom stereocenters. The average Bonchev–Trinajstić information content (AvgIpc) is 2.49. The number of nitrogens with two attached hydrogens (primary N) is 1. The monoisotopic (exact) mass is 354 g/mol. The number of thioether (sulfide) groups is 1. The standard InChI is InChI=1S/C22H30N2S/c1-14-8-9-19(12-15(14)2)24-21(23)25-13-20-16(3)10-18(11-17(20)4)22(5,6)7/h8-12H,13H2,1-7H3,(H2,23,24). The van der Waals surface area contributed by atoms with Gasteiger partial charge in [0.1, 0.15) is 0 Å². The molecule has 0 aliphatic rings. The summed E-state index contributed by atoms with van der Waals surface area (Å²) < 4.78 is 0. The number of hydrogen-bond acceptors (Lipinski definition) is 2. The van der Waals surface area contributed by atoms with Crippen LogP contribution in [0, 0.1) is 27.7 Å². The SMILES string of the molecule is Cc1ccc(N=C(N)SCc2c(C)cc(C(C)(C)C)cc2C)cc1C. The zero-order chi connectivity index (χ0) is 18.8. The summed E-state index contributed by atoms with van der Waals surface area (Å²) in [6.07, 6.45) is 0. The molecule has 0 aliphatic heterocycles. The zero-order valence-corrected chi connectivity index (χ0v) is 17.3. The predicted octanol–water partition coefficient (Wildman–Crippen LogP) is 6.10. The van der Waals surface area contributed by atoms with E-state index in [0.717, 1.165) is 11.4 Å². The molecule has 0 radical (unpaired) electrons. The first kappa shape index (κ1) is 19.6. The van der Waals surface area contributed by atoms with Gasteiger partial charge in [-0.05, 0) is 78.6 Å². The molecule has 0 spiro atoms. The molecule has 0 aromatic heterocycles. The van der Waals surface area contributed by atoms with Crippen LogP contribution in [0.4, 0.5) is 5.69 Å². The van der Waals surface area contributed by atoms with Gasteiger partial charge in [-0.25, -0.2) is 4.99 Å². The number of rotatable bonds is 3. The molecule has 0 saturated heterocycles. The van der Waals surface area contributed by atoms with Crippen LogP contribution in [0.1, 0.15) is 54.2 Å². The van der Waals surface area contributed by atoms with E-state index < -0.39 is 0 Å². The summed E-state index contributed by atoms with van der Waals surface area (Å²) in [5.41, 5.74) is 15.2. The fourth-order valence-corrected chi connectivity index (χ4v) is 3.67. The van der Waals surface area contributed by atoms with Crippen LogP contribution in [0.3, 0.4) is 0 Å².